The summed E-state index contributed by atoms with van der Waals surface area (Å²) in [5.41, 5.74) is 1.84. The molecule has 0 unspecified atom stereocenters. The Labute approximate surface area is 116 Å². The van der Waals surface area contributed by atoms with E-state index < -0.39 is 0 Å². The number of aromatic nitrogens is 1. The van der Waals surface area contributed by atoms with Crippen molar-refractivity contribution in [2.45, 2.75) is 6.42 Å². The first-order valence-corrected chi connectivity index (χ1v) is 6.47. The SMILES string of the molecule is CN(CCO)C(=O)NCCc1c[nH]c2ccc(F)cc12. The maximum atomic E-state index is 13.2. The number of nitrogens with one attached hydrogen (secondary N) is 2. The van der Waals surface area contributed by atoms with Crippen molar-refractivity contribution < 1.29 is 14.3 Å². The van der Waals surface area contributed by atoms with Gasteiger partial charge in [-0.1, -0.05) is 0 Å². The van der Waals surface area contributed by atoms with Crippen LogP contribution in [0.1, 0.15) is 5.56 Å². The lowest BCUT2D eigenvalue weighted by molar-refractivity contribution is 0.190. The average molecular weight is 279 g/mol. The van der Waals surface area contributed by atoms with Crippen LogP contribution in [0, 0.1) is 5.82 Å². The fourth-order valence-electron chi connectivity index (χ4n) is 2.05. The average Bonchev–Trinajstić information content (AvgIpc) is 2.81. The zero-order chi connectivity index (χ0) is 14.5. The second kappa shape index (κ2) is 6.38. The number of halogens is 1. The molecule has 2 aromatic rings. The Hall–Kier alpha value is -2.08. The van der Waals surface area contributed by atoms with Crippen LogP contribution >= 0.6 is 0 Å². The second-order valence-electron chi connectivity index (χ2n) is 4.63. The van der Waals surface area contributed by atoms with Crippen molar-refractivity contribution in [2.75, 3.05) is 26.7 Å². The summed E-state index contributed by atoms with van der Waals surface area (Å²) < 4.78 is 13.2. The van der Waals surface area contributed by atoms with Crippen molar-refractivity contribution in [3.8, 4) is 0 Å². The van der Waals surface area contributed by atoms with Gasteiger partial charge in [-0.3, -0.25) is 0 Å². The molecule has 0 spiro atoms. The number of benzene rings is 1. The van der Waals surface area contributed by atoms with E-state index in [2.05, 4.69) is 10.3 Å². The van der Waals surface area contributed by atoms with E-state index in [1.54, 1.807) is 13.1 Å². The number of likely N-dealkylation sites (N-methyl/N-ethyl adjacent to an activating group) is 1. The van der Waals surface area contributed by atoms with Crippen LogP contribution in [0.2, 0.25) is 0 Å². The Balaban J connectivity index is 1.93. The molecule has 0 fully saturated rings. The van der Waals surface area contributed by atoms with Gasteiger partial charge in [0.1, 0.15) is 5.82 Å². The molecule has 6 heteroatoms. The van der Waals surface area contributed by atoms with E-state index >= 15 is 0 Å². The summed E-state index contributed by atoms with van der Waals surface area (Å²) in [7, 11) is 1.62. The van der Waals surface area contributed by atoms with Gasteiger partial charge in [-0.2, -0.15) is 0 Å². The zero-order valence-electron chi connectivity index (χ0n) is 11.3. The molecule has 5 nitrogen and oxygen atoms in total. The first-order chi connectivity index (χ1) is 9.61. The van der Waals surface area contributed by atoms with Gasteiger partial charge in [0, 0.05) is 37.2 Å². The van der Waals surface area contributed by atoms with E-state index in [-0.39, 0.29) is 18.5 Å². The number of hydrogen-bond donors (Lipinski definition) is 3. The summed E-state index contributed by atoms with van der Waals surface area (Å²) in [4.78, 5) is 16.1. The molecule has 0 saturated heterocycles. The molecule has 2 rings (SSSR count). The lowest BCUT2D eigenvalue weighted by atomic mass is 10.1. The molecule has 0 aliphatic rings. The molecular formula is C14H18FN3O2. The number of carbonyl (C=O) groups is 1. The Morgan fingerprint density at radius 2 is 2.30 bits per heavy atom. The number of nitrogens with zero attached hydrogens (tertiary/aromatic N) is 1. The molecule has 0 aliphatic carbocycles. The van der Waals surface area contributed by atoms with E-state index in [4.69, 9.17) is 5.11 Å². The van der Waals surface area contributed by atoms with Gasteiger partial charge in [0.15, 0.2) is 0 Å². The van der Waals surface area contributed by atoms with Crippen molar-refractivity contribution in [1.82, 2.24) is 15.2 Å². The van der Waals surface area contributed by atoms with Crippen LogP contribution in [0.5, 0.6) is 0 Å². The standard InChI is InChI=1S/C14H18FN3O2/c1-18(6-7-19)14(20)16-5-4-10-9-17-13-3-2-11(15)8-12(10)13/h2-3,8-9,17,19H,4-7H2,1H3,(H,16,20). The number of aromatic amines is 1. The third-order valence-corrected chi connectivity index (χ3v) is 3.18. The molecule has 0 bridgehead atoms. The van der Waals surface area contributed by atoms with Gasteiger partial charge >= 0.3 is 6.03 Å². The molecule has 0 atom stereocenters. The zero-order valence-corrected chi connectivity index (χ0v) is 11.3. The van der Waals surface area contributed by atoms with Gasteiger partial charge in [-0.25, -0.2) is 9.18 Å². The molecule has 1 aromatic heterocycles. The minimum Gasteiger partial charge on any atom is -0.395 e. The number of amides is 2. The number of fused-ring (bicyclic) bond motifs is 1. The second-order valence-corrected chi connectivity index (χ2v) is 4.63. The van der Waals surface area contributed by atoms with E-state index in [9.17, 15) is 9.18 Å². The summed E-state index contributed by atoms with van der Waals surface area (Å²) in [6.45, 7) is 0.688. The molecule has 3 N–H and O–H groups in total. The van der Waals surface area contributed by atoms with Crippen LogP contribution in [-0.4, -0.2) is 47.8 Å². The lowest BCUT2D eigenvalue weighted by Gasteiger charge is -2.16. The number of aliphatic hydroxyl groups excluding tert-OH is 1. The first-order valence-electron chi connectivity index (χ1n) is 6.47. The topological polar surface area (TPSA) is 68.4 Å². The minimum atomic E-state index is -0.273. The van der Waals surface area contributed by atoms with Crippen molar-refractivity contribution in [3.63, 3.8) is 0 Å². The Bertz CT molecular complexity index is 597. The summed E-state index contributed by atoms with van der Waals surface area (Å²) in [6.07, 6.45) is 2.44. The van der Waals surface area contributed by atoms with Gasteiger partial charge in [-0.05, 0) is 30.2 Å². The molecule has 108 valence electrons. The maximum absolute atomic E-state index is 13.2. The highest BCUT2D eigenvalue weighted by Crippen LogP contribution is 2.19. The van der Waals surface area contributed by atoms with Crippen LogP contribution < -0.4 is 5.32 Å². The predicted octanol–water partition coefficient (Wildman–Crippen LogP) is 1.48. The van der Waals surface area contributed by atoms with Crippen LogP contribution in [0.25, 0.3) is 10.9 Å². The van der Waals surface area contributed by atoms with Gasteiger partial charge in [0.25, 0.3) is 0 Å². The Kier molecular flexibility index (Phi) is 4.57. The molecule has 20 heavy (non-hydrogen) atoms. The van der Waals surface area contributed by atoms with Crippen LogP contribution in [0.15, 0.2) is 24.4 Å². The highest BCUT2D eigenvalue weighted by Gasteiger charge is 2.08. The lowest BCUT2D eigenvalue weighted by Crippen LogP contribution is -2.39. The molecule has 2 amide bonds. The number of rotatable bonds is 5. The highest BCUT2D eigenvalue weighted by molar-refractivity contribution is 5.83. The monoisotopic (exact) mass is 279 g/mol. The van der Waals surface area contributed by atoms with Crippen LogP contribution in [0.4, 0.5) is 9.18 Å². The number of urea groups is 1. The van der Waals surface area contributed by atoms with Crippen molar-refractivity contribution in [3.05, 3.63) is 35.8 Å². The summed E-state index contributed by atoms with van der Waals surface area (Å²) in [6, 6.07) is 4.36. The van der Waals surface area contributed by atoms with E-state index in [0.717, 1.165) is 16.5 Å². The first kappa shape index (κ1) is 14.3. The summed E-state index contributed by atoms with van der Waals surface area (Å²) in [5.74, 6) is -0.273. The summed E-state index contributed by atoms with van der Waals surface area (Å²) >= 11 is 0. The molecule has 0 aliphatic heterocycles. The highest BCUT2D eigenvalue weighted by atomic mass is 19.1. The number of H-pyrrole nitrogens is 1. The van der Waals surface area contributed by atoms with E-state index in [0.29, 0.717) is 19.5 Å². The fourth-order valence-corrected chi connectivity index (χ4v) is 2.05. The molecule has 1 heterocycles. The van der Waals surface area contributed by atoms with Crippen molar-refractivity contribution in [2.24, 2.45) is 0 Å². The molecule has 0 radical (unpaired) electrons. The van der Waals surface area contributed by atoms with Gasteiger partial charge in [-0.15, -0.1) is 0 Å². The minimum absolute atomic E-state index is 0.0638. The van der Waals surface area contributed by atoms with Crippen molar-refractivity contribution >= 4 is 16.9 Å². The predicted molar refractivity (Wildman–Crippen MR) is 75.1 cm³/mol. The van der Waals surface area contributed by atoms with Crippen LogP contribution in [-0.2, 0) is 6.42 Å². The largest absolute Gasteiger partial charge is 0.395 e. The Morgan fingerprint density at radius 3 is 3.05 bits per heavy atom. The number of aliphatic hydroxyl groups is 1. The van der Waals surface area contributed by atoms with Crippen molar-refractivity contribution in [1.29, 1.82) is 0 Å². The smallest absolute Gasteiger partial charge is 0.317 e. The van der Waals surface area contributed by atoms with Gasteiger partial charge < -0.3 is 20.3 Å². The number of carbonyl (C=O) groups excluding carboxylic acids is 1. The third-order valence-electron chi connectivity index (χ3n) is 3.18. The molecule has 1 aromatic carbocycles. The molecule has 0 saturated carbocycles. The quantitative estimate of drug-likeness (QED) is 0.776. The van der Waals surface area contributed by atoms with Gasteiger partial charge in [0.2, 0.25) is 0 Å². The molecular weight excluding hydrogens is 261 g/mol. The van der Waals surface area contributed by atoms with Gasteiger partial charge in [0.05, 0.1) is 6.61 Å². The normalized spacial score (nSPS) is 10.8. The fraction of sp³-hybridized carbons (Fsp3) is 0.357. The summed E-state index contributed by atoms with van der Waals surface area (Å²) in [5, 5.41) is 12.3. The van der Waals surface area contributed by atoms with E-state index in [1.807, 2.05) is 6.20 Å². The maximum Gasteiger partial charge on any atom is 0.317 e. The Morgan fingerprint density at radius 1 is 1.50 bits per heavy atom. The van der Waals surface area contributed by atoms with E-state index in [1.165, 1.54) is 17.0 Å². The third kappa shape index (κ3) is 3.27. The van der Waals surface area contributed by atoms with Crippen LogP contribution in [0.3, 0.4) is 0 Å². The number of hydrogen-bond acceptors (Lipinski definition) is 2.